The van der Waals surface area contributed by atoms with Crippen LogP contribution in [-0.4, -0.2) is 70.9 Å². The molecular weight excluding hydrogens is 431 g/mol. The third-order valence-corrected chi connectivity index (χ3v) is 5.44. The first-order valence-electron chi connectivity index (χ1n) is 8.10. The fourth-order valence-corrected chi connectivity index (χ4v) is 3.72. The molecule has 1 aliphatic heterocycles. The van der Waals surface area contributed by atoms with Crippen LogP contribution in [-0.2, 0) is 14.8 Å². The van der Waals surface area contributed by atoms with E-state index in [-0.39, 0.29) is 29.7 Å². The summed E-state index contributed by atoms with van der Waals surface area (Å²) in [6, 6.07) is 0. The lowest BCUT2D eigenvalue weighted by Gasteiger charge is -2.16. The molecule has 0 amide bonds. The summed E-state index contributed by atoms with van der Waals surface area (Å²) in [5.74, 6) is 0.975. The molecule has 138 valence electrons. The molecule has 0 spiro atoms. The highest BCUT2D eigenvalue weighted by Gasteiger charge is 2.27. The second-order valence-electron chi connectivity index (χ2n) is 5.31. The topological polar surface area (TPSA) is 83.0 Å². The Labute approximate surface area is 157 Å². The summed E-state index contributed by atoms with van der Waals surface area (Å²) in [6.07, 6.45) is 3.91. The average Bonchev–Trinajstić information content (AvgIpc) is 2.83. The van der Waals surface area contributed by atoms with E-state index in [4.69, 9.17) is 4.74 Å². The van der Waals surface area contributed by atoms with Crippen LogP contribution in [0.4, 0.5) is 0 Å². The van der Waals surface area contributed by atoms with Gasteiger partial charge in [0.25, 0.3) is 0 Å². The van der Waals surface area contributed by atoms with E-state index < -0.39 is 10.0 Å². The van der Waals surface area contributed by atoms with Crippen molar-refractivity contribution in [2.24, 2.45) is 4.99 Å². The lowest BCUT2D eigenvalue weighted by molar-refractivity contribution is 0.129. The number of hydrogen-bond acceptors (Lipinski definition) is 4. The minimum absolute atomic E-state index is 0. The molecule has 1 aliphatic rings. The number of nitrogens with one attached hydrogen (secondary N) is 2. The number of nitrogens with zero attached hydrogens (tertiary/aromatic N) is 2. The van der Waals surface area contributed by atoms with Crippen molar-refractivity contribution in [3.8, 4) is 0 Å². The minimum atomic E-state index is -3.01. The zero-order valence-electron chi connectivity index (χ0n) is 14.2. The first-order chi connectivity index (χ1) is 10.6. The normalized spacial score (nSPS) is 17.7. The lowest BCUT2D eigenvalue weighted by Crippen LogP contribution is -2.42. The molecule has 0 atom stereocenters. The SMILES string of the molecule is CCCCOCCCNC(=NC)NCCN1CCCS1(=O)=O.I. The third-order valence-electron chi connectivity index (χ3n) is 3.48. The van der Waals surface area contributed by atoms with E-state index in [0.29, 0.717) is 25.6 Å². The van der Waals surface area contributed by atoms with Crippen molar-refractivity contribution >= 4 is 40.0 Å². The van der Waals surface area contributed by atoms with Crippen LogP contribution >= 0.6 is 24.0 Å². The Morgan fingerprint density at radius 1 is 1.22 bits per heavy atom. The van der Waals surface area contributed by atoms with E-state index in [1.54, 1.807) is 7.05 Å². The van der Waals surface area contributed by atoms with Crippen LogP contribution in [0.3, 0.4) is 0 Å². The van der Waals surface area contributed by atoms with E-state index in [1.165, 1.54) is 4.31 Å². The van der Waals surface area contributed by atoms with Crippen LogP contribution < -0.4 is 10.6 Å². The highest BCUT2D eigenvalue weighted by atomic mass is 127. The maximum absolute atomic E-state index is 11.7. The molecular formula is C14H31IN4O3S. The maximum Gasteiger partial charge on any atom is 0.214 e. The van der Waals surface area contributed by atoms with Crippen LogP contribution in [0.25, 0.3) is 0 Å². The largest absolute Gasteiger partial charge is 0.381 e. The Hall–Kier alpha value is -0.130. The number of unbranched alkanes of at least 4 members (excludes halogenated alkanes) is 1. The van der Waals surface area contributed by atoms with Crippen LogP contribution in [0, 0.1) is 0 Å². The number of ether oxygens (including phenoxy) is 1. The predicted octanol–water partition coefficient (Wildman–Crippen LogP) is 1.01. The van der Waals surface area contributed by atoms with Gasteiger partial charge in [0.2, 0.25) is 10.0 Å². The summed E-state index contributed by atoms with van der Waals surface area (Å²) >= 11 is 0. The summed E-state index contributed by atoms with van der Waals surface area (Å²) in [4.78, 5) is 4.12. The molecule has 0 aromatic heterocycles. The van der Waals surface area contributed by atoms with Gasteiger partial charge in [0, 0.05) is 46.4 Å². The van der Waals surface area contributed by atoms with Gasteiger partial charge in [-0.25, -0.2) is 12.7 Å². The zero-order chi connectivity index (χ0) is 16.3. The molecule has 9 heteroatoms. The molecule has 1 heterocycles. The molecule has 0 saturated carbocycles. The van der Waals surface area contributed by atoms with Crippen molar-refractivity contribution < 1.29 is 13.2 Å². The second kappa shape index (κ2) is 13.2. The Kier molecular flexibility index (Phi) is 13.1. The van der Waals surface area contributed by atoms with Gasteiger partial charge >= 0.3 is 0 Å². The van der Waals surface area contributed by atoms with Gasteiger partial charge in [0.05, 0.1) is 5.75 Å². The molecule has 0 aromatic carbocycles. The van der Waals surface area contributed by atoms with Gasteiger partial charge < -0.3 is 15.4 Å². The van der Waals surface area contributed by atoms with Crippen LogP contribution in [0.15, 0.2) is 4.99 Å². The van der Waals surface area contributed by atoms with E-state index in [2.05, 4.69) is 22.5 Å². The summed E-state index contributed by atoms with van der Waals surface area (Å²) in [5, 5.41) is 6.33. The maximum atomic E-state index is 11.7. The Morgan fingerprint density at radius 2 is 1.91 bits per heavy atom. The van der Waals surface area contributed by atoms with Crippen molar-refractivity contribution in [2.75, 3.05) is 52.2 Å². The molecule has 0 bridgehead atoms. The molecule has 1 rings (SSSR count). The summed E-state index contributed by atoms with van der Waals surface area (Å²) in [7, 11) is -1.30. The van der Waals surface area contributed by atoms with Gasteiger partial charge in [-0.05, 0) is 19.3 Å². The van der Waals surface area contributed by atoms with Gasteiger partial charge in [-0.1, -0.05) is 13.3 Å². The standard InChI is InChI=1S/C14H30N4O3S.HI/c1-3-4-11-21-12-5-7-16-14(15-2)17-8-10-18-9-6-13-22(18,19)20;/h3-13H2,1-2H3,(H2,15,16,17);1H. The first-order valence-corrected chi connectivity index (χ1v) is 9.71. The van der Waals surface area contributed by atoms with Crippen LogP contribution in [0.5, 0.6) is 0 Å². The number of sulfonamides is 1. The van der Waals surface area contributed by atoms with Gasteiger partial charge in [0.1, 0.15) is 0 Å². The van der Waals surface area contributed by atoms with E-state index >= 15 is 0 Å². The van der Waals surface area contributed by atoms with E-state index in [1.807, 2.05) is 0 Å². The molecule has 0 unspecified atom stereocenters. The monoisotopic (exact) mass is 462 g/mol. The quantitative estimate of drug-likeness (QED) is 0.219. The highest BCUT2D eigenvalue weighted by molar-refractivity contribution is 14.0. The van der Waals surface area contributed by atoms with Crippen molar-refractivity contribution in [3.05, 3.63) is 0 Å². The summed E-state index contributed by atoms with van der Waals surface area (Å²) in [5.41, 5.74) is 0. The van der Waals surface area contributed by atoms with Crippen LogP contribution in [0.1, 0.15) is 32.6 Å². The van der Waals surface area contributed by atoms with Crippen molar-refractivity contribution in [1.29, 1.82) is 0 Å². The molecule has 0 radical (unpaired) electrons. The highest BCUT2D eigenvalue weighted by Crippen LogP contribution is 2.11. The first kappa shape index (κ1) is 22.9. The fourth-order valence-electron chi connectivity index (χ4n) is 2.19. The van der Waals surface area contributed by atoms with Crippen molar-refractivity contribution in [1.82, 2.24) is 14.9 Å². The second-order valence-corrected chi connectivity index (χ2v) is 7.40. The minimum Gasteiger partial charge on any atom is -0.381 e. The molecule has 1 saturated heterocycles. The molecule has 23 heavy (non-hydrogen) atoms. The average molecular weight is 462 g/mol. The Balaban J connectivity index is 0.00000484. The lowest BCUT2D eigenvalue weighted by atomic mass is 10.4. The number of guanidine groups is 1. The zero-order valence-corrected chi connectivity index (χ0v) is 17.4. The predicted molar refractivity (Wildman–Crippen MR) is 105 cm³/mol. The van der Waals surface area contributed by atoms with Crippen molar-refractivity contribution in [2.45, 2.75) is 32.6 Å². The Morgan fingerprint density at radius 3 is 2.52 bits per heavy atom. The molecule has 1 fully saturated rings. The number of hydrogen-bond donors (Lipinski definition) is 2. The Bertz CT molecular complexity index is 432. The van der Waals surface area contributed by atoms with Gasteiger partial charge in [-0.15, -0.1) is 24.0 Å². The third kappa shape index (κ3) is 9.68. The van der Waals surface area contributed by atoms with Crippen LogP contribution in [0.2, 0.25) is 0 Å². The molecule has 0 aliphatic carbocycles. The van der Waals surface area contributed by atoms with Gasteiger partial charge in [-0.2, -0.15) is 0 Å². The molecule has 0 aromatic rings. The van der Waals surface area contributed by atoms with Gasteiger partial charge in [-0.3, -0.25) is 4.99 Å². The van der Waals surface area contributed by atoms with E-state index in [9.17, 15) is 8.42 Å². The number of halogens is 1. The van der Waals surface area contributed by atoms with Crippen molar-refractivity contribution in [3.63, 3.8) is 0 Å². The summed E-state index contributed by atoms with van der Waals surface area (Å²) in [6.45, 7) is 6.19. The molecule has 2 N–H and O–H groups in total. The summed E-state index contributed by atoms with van der Waals surface area (Å²) < 4.78 is 30.4. The van der Waals surface area contributed by atoms with Gasteiger partial charge in [0.15, 0.2) is 5.96 Å². The number of aliphatic imine (C=N–C) groups is 1. The van der Waals surface area contributed by atoms with E-state index in [0.717, 1.165) is 45.4 Å². The fraction of sp³-hybridized carbons (Fsp3) is 0.929. The molecule has 7 nitrogen and oxygen atoms in total. The number of rotatable bonds is 10. The smallest absolute Gasteiger partial charge is 0.214 e.